The molecule has 5 heteroatoms. The van der Waals surface area contributed by atoms with E-state index in [-0.39, 0.29) is 17.4 Å². The van der Waals surface area contributed by atoms with Crippen LogP contribution in [0, 0.1) is 5.82 Å². The van der Waals surface area contributed by atoms with E-state index in [0.717, 1.165) is 18.7 Å². The van der Waals surface area contributed by atoms with E-state index in [1.54, 1.807) is 17.0 Å². The molecule has 1 aromatic carbocycles. The van der Waals surface area contributed by atoms with Gasteiger partial charge in [-0.3, -0.25) is 0 Å². The van der Waals surface area contributed by atoms with Gasteiger partial charge in [0.05, 0.1) is 13.2 Å². The van der Waals surface area contributed by atoms with Gasteiger partial charge in [0.2, 0.25) is 0 Å². The average Bonchev–Trinajstić information content (AvgIpc) is 3.03. The van der Waals surface area contributed by atoms with Gasteiger partial charge in [-0.2, -0.15) is 0 Å². The van der Waals surface area contributed by atoms with E-state index in [9.17, 15) is 9.18 Å². The minimum absolute atomic E-state index is 0.0426. The van der Waals surface area contributed by atoms with Crippen LogP contribution in [-0.4, -0.2) is 47.7 Å². The Morgan fingerprint density at radius 3 is 2.53 bits per heavy atom. The molecule has 2 amide bonds. The highest BCUT2D eigenvalue weighted by molar-refractivity contribution is 5.76. The monoisotopic (exact) mass is 264 g/mol. The van der Waals surface area contributed by atoms with Crippen molar-refractivity contribution in [2.24, 2.45) is 0 Å². The highest BCUT2D eigenvalue weighted by atomic mass is 19.1. The molecule has 1 atom stereocenters. The molecule has 2 heterocycles. The van der Waals surface area contributed by atoms with E-state index in [1.807, 2.05) is 11.8 Å². The number of hydrogen-bond acceptors (Lipinski definition) is 2. The lowest BCUT2D eigenvalue weighted by molar-refractivity contribution is 0.177. The zero-order chi connectivity index (χ0) is 13.5. The van der Waals surface area contributed by atoms with Crippen LogP contribution in [0.25, 0.3) is 0 Å². The second-order valence-electron chi connectivity index (χ2n) is 5.49. The fourth-order valence-corrected chi connectivity index (χ4v) is 2.35. The van der Waals surface area contributed by atoms with Crippen LogP contribution < -0.4 is 0 Å². The van der Waals surface area contributed by atoms with E-state index in [0.29, 0.717) is 19.6 Å². The van der Waals surface area contributed by atoms with Crippen molar-refractivity contribution in [3.63, 3.8) is 0 Å². The number of halogens is 1. The normalized spacial score (nSPS) is 26.1. The first kappa shape index (κ1) is 12.4. The van der Waals surface area contributed by atoms with Crippen LogP contribution in [0.1, 0.15) is 12.5 Å². The van der Waals surface area contributed by atoms with Crippen LogP contribution in [0.2, 0.25) is 0 Å². The lowest BCUT2D eigenvalue weighted by Gasteiger charge is -2.20. The van der Waals surface area contributed by atoms with Crippen molar-refractivity contribution < 1.29 is 13.9 Å². The van der Waals surface area contributed by atoms with E-state index in [1.165, 1.54) is 12.1 Å². The number of ether oxygens (including phenoxy) is 1. The van der Waals surface area contributed by atoms with Gasteiger partial charge in [0, 0.05) is 19.6 Å². The summed E-state index contributed by atoms with van der Waals surface area (Å²) in [6.45, 7) is 5.39. The Balaban J connectivity index is 1.60. The highest BCUT2D eigenvalue weighted by Crippen LogP contribution is 2.28. The molecule has 2 fully saturated rings. The predicted octanol–water partition coefficient (Wildman–Crippen LogP) is 1.85. The van der Waals surface area contributed by atoms with Crippen molar-refractivity contribution in [1.82, 2.24) is 9.80 Å². The Bertz CT molecular complexity index is 485. The van der Waals surface area contributed by atoms with Crippen LogP contribution in [0.5, 0.6) is 0 Å². The van der Waals surface area contributed by atoms with Gasteiger partial charge in [-0.1, -0.05) is 12.1 Å². The van der Waals surface area contributed by atoms with Gasteiger partial charge in [0.15, 0.2) is 0 Å². The quantitative estimate of drug-likeness (QED) is 0.778. The fraction of sp³-hybridized carbons (Fsp3) is 0.500. The lowest BCUT2D eigenvalue weighted by atomic mass is 10.2. The second kappa shape index (κ2) is 4.49. The van der Waals surface area contributed by atoms with Crippen molar-refractivity contribution >= 4 is 6.03 Å². The topological polar surface area (TPSA) is 36.1 Å². The first-order valence-corrected chi connectivity index (χ1v) is 6.48. The van der Waals surface area contributed by atoms with Gasteiger partial charge < -0.3 is 14.5 Å². The SMILES string of the molecule is CC1(CN2CCN(Cc3ccc(F)cc3)C2=O)CO1. The van der Waals surface area contributed by atoms with Gasteiger partial charge in [0.1, 0.15) is 11.4 Å². The molecule has 2 aliphatic heterocycles. The number of benzene rings is 1. The van der Waals surface area contributed by atoms with Gasteiger partial charge >= 0.3 is 6.03 Å². The number of carbonyl (C=O) groups is 1. The van der Waals surface area contributed by atoms with Crippen LogP contribution in [-0.2, 0) is 11.3 Å². The second-order valence-corrected chi connectivity index (χ2v) is 5.49. The minimum atomic E-state index is -0.253. The van der Waals surface area contributed by atoms with Gasteiger partial charge in [-0.25, -0.2) is 9.18 Å². The maximum Gasteiger partial charge on any atom is 0.320 e. The van der Waals surface area contributed by atoms with Crippen molar-refractivity contribution in [2.75, 3.05) is 26.2 Å². The van der Waals surface area contributed by atoms with Crippen molar-refractivity contribution in [1.29, 1.82) is 0 Å². The first-order valence-electron chi connectivity index (χ1n) is 6.48. The summed E-state index contributed by atoms with van der Waals surface area (Å²) in [5.74, 6) is -0.253. The first-order chi connectivity index (χ1) is 9.06. The van der Waals surface area contributed by atoms with E-state index in [4.69, 9.17) is 4.74 Å². The number of carbonyl (C=O) groups excluding carboxylic acids is 1. The number of nitrogens with zero attached hydrogens (tertiary/aromatic N) is 2. The Morgan fingerprint density at radius 1 is 1.26 bits per heavy atom. The molecular weight excluding hydrogens is 247 g/mol. The smallest absolute Gasteiger partial charge is 0.320 e. The Kier molecular flexibility index (Phi) is 2.93. The molecule has 102 valence electrons. The van der Waals surface area contributed by atoms with E-state index < -0.39 is 0 Å². The molecule has 0 saturated carbocycles. The maximum absolute atomic E-state index is 12.8. The Hall–Kier alpha value is -1.62. The third kappa shape index (κ3) is 2.71. The molecule has 19 heavy (non-hydrogen) atoms. The Labute approximate surface area is 111 Å². The molecular formula is C14H17FN2O2. The molecule has 2 saturated heterocycles. The van der Waals surface area contributed by atoms with Crippen molar-refractivity contribution in [3.8, 4) is 0 Å². The van der Waals surface area contributed by atoms with Crippen LogP contribution in [0.4, 0.5) is 9.18 Å². The predicted molar refractivity (Wildman–Crippen MR) is 68.1 cm³/mol. The molecule has 0 radical (unpaired) electrons. The van der Waals surface area contributed by atoms with Crippen LogP contribution >= 0.6 is 0 Å². The number of epoxide rings is 1. The highest BCUT2D eigenvalue weighted by Gasteiger charge is 2.43. The summed E-state index contributed by atoms with van der Waals surface area (Å²) in [6.07, 6.45) is 0. The van der Waals surface area contributed by atoms with Gasteiger partial charge in [-0.05, 0) is 24.6 Å². The third-order valence-electron chi connectivity index (χ3n) is 3.63. The fourth-order valence-electron chi connectivity index (χ4n) is 2.35. The molecule has 1 unspecified atom stereocenters. The molecule has 2 aliphatic rings. The number of amides is 2. The van der Waals surface area contributed by atoms with Crippen LogP contribution in [0.3, 0.4) is 0 Å². The van der Waals surface area contributed by atoms with Gasteiger partial charge in [-0.15, -0.1) is 0 Å². The summed E-state index contributed by atoms with van der Waals surface area (Å²) in [4.78, 5) is 15.8. The number of hydrogen-bond donors (Lipinski definition) is 0. The summed E-state index contributed by atoms with van der Waals surface area (Å²) in [5.41, 5.74) is 0.812. The molecule has 0 aromatic heterocycles. The lowest BCUT2D eigenvalue weighted by Crippen LogP contribution is -2.37. The van der Waals surface area contributed by atoms with Crippen molar-refractivity contribution in [2.45, 2.75) is 19.1 Å². The maximum atomic E-state index is 12.8. The number of urea groups is 1. The van der Waals surface area contributed by atoms with Crippen LogP contribution in [0.15, 0.2) is 24.3 Å². The summed E-state index contributed by atoms with van der Waals surface area (Å²) >= 11 is 0. The largest absolute Gasteiger partial charge is 0.368 e. The zero-order valence-electron chi connectivity index (χ0n) is 10.9. The van der Waals surface area contributed by atoms with Crippen molar-refractivity contribution in [3.05, 3.63) is 35.6 Å². The van der Waals surface area contributed by atoms with E-state index in [2.05, 4.69) is 0 Å². The molecule has 3 rings (SSSR count). The number of rotatable bonds is 4. The van der Waals surface area contributed by atoms with Gasteiger partial charge in [0.25, 0.3) is 0 Å². The standard InChI is InChI=1S/C14H17FN2O2/c1-14(10-19-14)9-17-7-6-16(13(17)18)8-11-2-4-12(15)5-3-11/h2-5H,6-10H2,1H3. The molecule has 4 nitrogen and oxygen atoms in total. The summed E-state index contributed by atoms with van der Waals surface area (Å²) in [5, 5.41) is 0. The average molecular weight is 264 g/mol. The Morgan fingerprint density at radius 2 is 1.89 bits per heavy atom. The summed E-state index contributed by atoms with van der Waals surface area (Å²) in [7, 11) is 0. The molecule has 1 aromatic rings. The summed E-state index contributed by atoms with van der Waals surface area (Å²) < 4.78 is 18.1. The minimum Gasteiger partial charge on any atom is -0.368 e. The molecule has 0 aliphatic carbocycles. The summed E-state index contributed by atoms with van der Waals surface area (Å²) in [6, 6.07) is 6.33. The zero-order valence-corrected chi connectivity index (χ0v) is 10.9. The third-order valence-corrected chi connectivity index (χ3v) is 3.63. The molecule has 0 spiro atoms. The van der Waals surface area contributed by atoms with E-state index >= 15 is 0 Å². The molecule has 0 bridgehead atoms. The molecule has 0 N–H and O–H groups in total.